The van der Waals surface area contributed by atoms with Crippen molar-refractivity contribution in [3.8, 4) is 0 Å². The van der Waals surface area contributed by atoms with Crippen molar-refractivity contribution in [1.82, 2.24) is 10.3 Å². The van der Waals surface area contributed by atoms with Crippen LogP contribution in [0.1, 0.15) is 30.9 Å². The number of rotatable bonds is 8. The van der Waals surface area contributed by atoms with Crippen LogP contribution in [0.3, 0.4) is 0 Å². The first-order valence-electron chi connectivity index (χ1n) is 9.90. The first-order valence-corrected chi connectivity index (χ1v) is 10.7. The molecule has 0 unspecified atom stereocenters. The highest BCUT2D eigenvalue weighted by Crippen LogP contribution is 2.50. The molecule has 2 N–H and O–H groups in total. The second-order valence-electron chi connectivity index (χ2n) is 7.15. The molecular formula is C22H23F2N3O4S. The summed E-state index contributed by atoms with van der Waals surface area (Å²) >= 11 is 1.13. The molecule has 32 heavy (non-hydrogen) atoms. The van der Waals surface area contributed by atoms with Crippen LogP contribution in [0.25, 0.3) is 0 Å². The Balaban J connectivity index is 2.08. The van der Waals surface area contributed by atoms with E-state index in [1.165, 1.54) is 12.1 Å². The fourth-order valence-electron chi connectivity index (χ4n) is 3.37. The van der Waals surface area contributed by atoms with Crippen molar-refractivity contribution < 1.29 is 28.2 Å². The Morgan fingerprint density at radius 2 is 1.97 bits per heavy atom. The minimum Gasteiger partial charge on any atom is -0.465 e. The van der Waals surface area contributed by atoms with Gasteiger partial charge in [0.15, 0.2) is 0 Å². The van der Waals surface area contributed by atoms with Gasteiger partial charge in [-0.3, -0.25) is 4.79 Å². The zero-order valence-electron chi connectivity index (χ0n) is 17.5. The first-order chi connectivity index (χ1) is 15.3. The van der Waals surface area contributed by atoms with E-state index in [9.17, 15) is 18.4 Å². The van der Waals surface area contributed by atoms with E-state index in [0.717, 1.165) is 30.0 Å². The van der Waals surface area contributed by atoms with E-state index in [0.29, 0.717) is 18.4 Å². The number of amides is 2. The maximum atomic E-state index is 14.6. The third-order valence-electron chi connectivity index (χ3n) is 5.06. The highest BCUT2D eigenvalue weighted by molar-refractivity contribution is 8.15. The van der Waals surface area contributed by atoms with E-state index in [4.69, 9.17) is 9.84 Å². The van der Waals surface area contributed by atoms with Gasteiger partial charge >= 0.3 is 6.09 Å². The molecule has 0 bridgehead atoms. The average molecular weight is 464 g/mol. The summed E-state index contributed by atoms with van der Waals surface area (Å²) in [4.78, 5) is 23.0. The number of carbonyl (C=O) groups excluding carboxylic acids is 1. The number of benzene rings is 2. The van der Waals surface area contributed by atoms with Crippen LogP contribution in [-0.2, 0) is 14.4 Å². The first kappa shape index (κ1) is 23.7. The summed E-state index contributed by atoms with van der Waals surface area (Å²) in [5.41, 5.74) is 0.659. The normalized spacial score (nSPS) is 18.9. The summed E-state index contributed by atoms with van der Waals surface area (Å²) in [6.07, 6.45) is -1.32. The summed E-state index contributed by atoms with van der Waals surface area (Å²) in [6.45, 7) is 1.72. The van der Waals surface area contributed by atoms with Gasteiger partial charge in [-0.1, -0.05) is 42.1 Å². The highest BCUT2D eigenvalue weighted by Gasteiger charge is 2.49. The summed E-state index contributed by atoms with van der Waals surface area (Å²) in [5, 5.41) is 17.0. The largest absolute Gasteiger partial charge is 0.465 e. The van der Waals surface area contributed by atoms with Crippen molar-refractivity contribution in [1.29, 1.82) is 0 Å². The average Bonchev–Trinajstić information content (AvgIpc) is 3.18. The Bertz CT molecular complexity index is 1020. The predicted octanol–water partition coefficient (Wildman–Crippen LogP) is 4.14. The van der Waals surface area contributed by atoms with Crippen molar-refractivity contribution in [3.05, 3.63) is 71.3 Å². The monoisotopic (exact) mass is 463 g/mol. The molecule has 0 radical (unpaired) electrons. The van der Waals surface area contributed by atoms with E-state index in [1.807, 2.05) is 18.2 Å². The molecule has 170 valence electrons. The Kier molecular flexibility index (Phi) is 7.47. The molecule has 2 aromatic rings. The number of hydrogen-bond donors (Lipinski definition) is 2. The van der Waals surface area contributed by atoms with E-state index in [2.05, 4.69) is 10.4 Å². The maximum absolute atomic E-state index is 14.6. The number of nitrogens with one attached hydrogen (secondary N) is 1. The van der Waals surface area contributed by atoms with Crippen LogP contribution in [-0.4, -0.2) is 46.9 Å². The van der Waals surface area contributed by atoms with Gasteiger partial charge in [-0.25, -0.2) is 18.6 Å². The number of nitrogens with zero attached hydrogens (tertiary/aromatic N) is 2. The van der Waals surface area contributed by atoms with Crippen LogP contribution >= 0.6 is 11.8 Å². The SMILES string of the molecule is CO[C@@H](C)C(=O)N1N=C(c2cc(F)ccc2F)S[C@@]1(CCCNC(=O)O)c1ccccc1. The second kappa shape index (κ2) is 10.1. The topological polar surface area (TPSA) is 91.2 Å². The second-order valence-corrected chi connectivity index (χ2v) is 8.41. The molecule has 2 aromatic carbocycles. The van der Waals surface area contributed by atoms with Gasteiger partial charge in [0.05, 0.1) is 0 Å². The minimum absolute atomic E-state index is 0.0562. The summed E-state index contributed by atoms with van der Waals surface area (Å²) in [5.74, 6) is -1.75. The van der Waals surface area contributed by atoms with Crippen LogP contribution in [0.15, 0.2) is 53.6 Å². The van der Waals surface area contributed by atoms with Gasteiger partial charge in [0, 0.05) is 19.2 Å². The number of carbonyl (C=O) groups is 2. The number of hydrazone groups is 1. The molecule has 7 nitrogen and oxygen atoms in total. The summed E-state index contributed by atoms with van der Waals surface area (Å²) in [7, 11) is 1.39. The van der Waals surface area contributed by atoms with Crippen LogP contribution < -0.4 is 5.32 Å². The van der Waals surface area contributed by atoms with Crippen LogP contribution in [0.4, 0.5) is 13.6 Å². The molecule has 0 saturated carbocycles. The van der Waals surface area contributed by atoms with E-state index < -0.39 is 34.6 Å². The van der Waals surface area contributed by atoms with Crippen molar-refractivity contribution in [3.63, 3.8) is 0 Å². The standard InChI is InChI=1S/C22H23F2N3O4S/c1-14(31-2)20(28)27-22(11-6-12-25-21(29)30,15-7-4-3-5-8-15)32-19(26-27)17-13-16(23)9-10-18(17)24/h3-5,7-10,13-14,25H,6,11-12H2,1-2H3,(H,29,30)/t14-,22-/m0/s1. The molecular weight excluding hydrogens is 440 g/mol. The summed E-state index contributed by atoms with van der Waals surface area (Å²) < 4.78 is 33.6. The number of thioether (sulfide) groups is 1. The lowest BCUT2D eigenvalue weighted by Gasteiger charge is -2.37. The molecule has 0 aliphatic carbocycles. The molecule has 0 aromatic heterocycles. The Labute approximate surface area is 188 Å². The predicted molar refractivity (Wildman–Crippen MR) is 117 cm³/mol. The molecule has 1 aliphatic rings. The lowest BCUT2D eigenvalue weighted by atomic mass is 9.99. The van der Waals surface area contributed by atoms with Gasteiger partial charge in [-0.2, -0.15) is 5.10 Å². The van der Waals surface area contributed by atoms with Crippen LogP contribution in [0.5, 0.6) is 0 Å². The van der Waals surface area contributed by atoms with Gasteiger partial charge < -0.3 is 15.2 Å². The molecule has 2 atom stereocenters. The quantitative estimate of drug-likeness (QED) is 0.575. The van der Waals surface area contributed by atoms with Crippen LogP contribution in [0.2, 0.25) is 0 Å². The van der Waals surface area contributed by atoms with Crippen molar-refractivity contribution in [2.24, 2.45) is 5.10 Å². The molecule has 10 heteroatoms. The zero-order valence-corrected chi connectivity index (χ0v) is 18.4. The van der Waals surface area contributed by atoms with Crippen molar-refractivity contribution in [2.45, 2.75) is 30.7 Å². The van der Waals surface area contributed by atoms with Gasteiger partial charge in [-0.15, -0.1) is 0 Å². The third kappa shape index (κ3) is 4.91. The Morgan fingerprint density at radius 3 is 2.62 bits per heavy atom. The Morgan fingerprint density at radius 1 is 1.25 bits per heavy atom. The molecule has 0 saturated heterocycles. The lowest BCUT2D eigenvalue weighted by Crippen LogP contribution is -2.46. The van der Waals surface area contributed by atoms with Crippen molar-refractivity contribution in [2.75, 3.05) is 13.7 Å². The van der Waals surface area contributed by atoms with E-state index >= 15 is 0 Å². The van der Waals surface area contributed by atoms with Gasteiger partial charge in [-0.05, 0) is 43.5 Å². The van der Waals surface area contributed by atoms with Gasteiger partial charge in [0.2, 0.25) is 0 Å². The molecule has 1 aliphatic heterocycles. The molecule has 3 rings (SSSR count). The minimum atomic E-state index is -1.16. The van der Waals surface area contributed by atoms with E-state index in [1.54, 1.807) is 19.1 Å². The molecule has 1 heterocycles. The van der Waals surface area contributed by atoms with Crippen molar-refractivity contribution >= 4 is 28.8 Å². The maximum Gasteiger partial charge on any atom is 0.404 e. The smallest absolute Gasteiger partial charge is 0.404 e. The number of hydrogen-bond acceptors (Lipinski definition) is 5. The zero-order chi connectivity index (χ0) is 23.3. The lowest BCUT2D eigenvalue weighted by molar-refractivity contribution is -0.144. The highest BCUT2D eigenvalue weighted by atomic mass is 32.2. The molecule has 0 spiro atoms. The number of ether oxygens (including phenoxy) is 1. The number of carboxylic acid groups (broad SMARTS) is 1. The summed E-state index contributed by atoms with van der Waals surface area (Å²) in [6, 6.07) is 12.1. The fraction of sp³-hybridized carbons (Fsp3) is 0.318. The van der Waals surface area contributed by atoms with Crippen LogP contribution in [0, 0.1) is 11.6 Å². The molecule has 2 amide bonds. The Hall–Kier alpha value is -2.98. The molecule has 0 fully saturated rings. The third-order valence-corrected chi connectivity index (χ3v) is 6.51. The van der Waals surface area contributed by atoms with Gasteiger partial charge in [0.25, 0.3) is 5.91 Å². The number of methoxy groups -OCH3 is 1. The fourth-order valence-corrected chi connectivity index (χ4v) is 4.80. The van der Waals surface area contributed by atoms with E-state index in [-0.39, 0.29) is 17.2 Å². The van der Waals surface area contributed by atoms with Gasteiger partial charge in [0.1, 0.15) is 27.7 Å². The number of halogens is 2.